The van der Waals surface area contributed by atoms with Crippen LogP contribution in [0.25, 0.3) is 0 Å². The van der Waals surface area contributed by atoms with E-state index in [0.29, 0.717) is 10.7 Å². The molecule has 1 N–H and O–H groups in total. The van der Waals surface area contributed by atoms with E-state index >= 15 is 0 Å². The van der Waals surface area contributed by atoms with Gasteiger partial charge in [0.25, 0.3) is 0 Å². The summed E-state index contributed by atoms with van der Waals surface area (Å²) in [5, 5.41) is 3.52. The third-order valence-electron chi connectivity index (χ3n) is 2.50. The molecule has 1 aromatic carbocycles. The smallest absolute Gasteiger partial charge is 0.147 e. The molecule has 0 unspecified atom stereocenters. The molecule has 0 amide bonds. The van der Waals surface area contributed by atoms with Crippen LogP contribution in [0, 0.1) is 11.7 Å². The summed E-state index contributed by atoms with van der Waals surface area (Å²) in [6.45, 7) is 0.850. The maximum Gasteiger partial charge on any atom is 0.147 e. The highest BCUT2D eigenvalue weighted by Crippen LogP contribution is 2.32. The average molecular weight is 214 g/mol. The van der Waals surface area contributed by atoms with Crippen molar-refractivity contribution in [2.45, 2.75) is 19.3 Å². The quantitative estimate of drug-likeness (QED) is 0.805. The van der Waals surface area contributed by atoms with E-state index in [1.54, 1.807) is 12.1 Å². The molecule has 0 atom stereocenters. The van der Waals surface area contributed by atoms with Crippen LogP contribution in [-0.2, 0) is 0 Å². The zero-order chi connectivity index (χ0) is 9.97. The molecule has 0 heterocycles. The Morgan fingerprint density at radius 3 is 2.86 bits per heavy atom. The van der Waals surface area contributed by atoms with Crippen LogP contribution in [0.5, 0.6) is 0 Å². The van der Waals surface area contributed by atoms with Crippen molar-refractivity contribution in [3.63, 3.8) is 0 Å². The fraction of sp³-hybridized carbons (Fsp3) is 0.455. The minimum absolute atomic E-state index is 0.270. The van der Waals surface area contributed by atoms with E-state index in [1.165, 1.54) is 18.9 Å². The summed E-state index contributed by atoms with van der Waals surface area (Å²) in [6.07, 6.45) is 3.82. The van der Waals surface area contributed by atoms with Crippen LogP contribution in [0.15, 0.2) is 18.2 Å². The Bertz CT molecular complexity index is 323. The predicted octanol–water partition coefficient (Wildman–Crippen LogP) is 3.69. The molecule has 1 nitrogen and oxygen atoms in total. The van der Waals surface area contributed by atoms with Gasteiger partial charge in [0.15, 0.2) is 0 Å². The third kappa shape index (κ3) is 2.61. The highest BCUT2D eigenvalue weighted by molar-refractivity contribution is 6.30. The Morgan fingerprint density at radius 1 is 1.43 bits per heavy atom. The first-order valence-electron chi connectivity index (χ1n) is 4.94. The topological polar surface area (TPSA) is 12.0 Å². The fourth-order valence-corrected chi connectivity index (χ4v) is 1.61. The number of rotatable bonds is 4. The summed E-state index contributed by atoms with van der Waals surface area (Å²) in [7, 11) is 0. The van der Waals surface area contributed by atoms with Crippen LogP contribution in [0.4, 0.5) is 10.1 Å². The Balaban J connectivity index is 1.87. The van der Waals surface area contributed by atoms with Gasteiger partial charge in [0.1, 0.15) is 5.82 Å². The van der Waals surface area contributed by atoms with Gasteiger partial charge in [-0.15, -0.1) is 0 Å². The van der Waals surface area contributed by atoms with E-state index in [9.17, 15) is 4.39 Å². The van der Waals surface area contributed by atoms with Gasteiger partial charge in [0.2, 0.25) is 0 Å². The van der Waals surface area contributed by atoms with Gasteiger partial charge in [0, 0.05) is 11.6 Å². The van der Waals surface area contributed by atoms with Crippen LogP contribution in [0.3, 0.4) is 0 Å². The number of halogens is 2. The number of benzene rings is 1. The predicted molar refractivity (Wildman–Crippen MR) is 57.2 cm³/mol. The molecule has 0 spiro atoms. The third-order valence-corrected chi connectivity index (χ3v) is 2.73. The SMILES string of the molecule is Fc1cc(Cl)ccc1NCCC1CC1. The molecular formula is C11H13ClFN. The largest absolute Gasteiger partial charge is 0.383 e. The second kappa shape index (κ2) is 4.18. The van der Waals surface area contributed by atoms with Crippen molar-refractivity contribution in [3.05, 3.63) is 29.0 Å². The van der Waals surface area contributed by atoms with Gasteiger partial charge < -0.3 is 5.32 Å². The van der Waals surface area contributed by atoms with Crippen molar-refractivity contribution < 1.29 is 4.39 Å². The van der Waals surface area contributed by atoms with E-state index < -0.39 is 0 Å². The van der Waals surface area contributed by atoms with Crippen LogP contribution in [0.2, 0.25) is 5.02 Å². The average Bonchev–Trinajstić information content (AvgIpc) is 2.92. The highest BCUT2D eigenvalue weighted by Gasteiger charge is 2.20. The lowest BCUT2D eigenvalue weighted by Gasteiger charge is -2.06. The molecule has 0 radical (unpaired) electrons. The van der Waals surface area contributed by atoms with Gasteiger partial charge in [-0.05, 0) is 30.5 Å². The number of nitrogens with one attached hydrogen (secondary N) is 1. The summed E-state index contributed by atoms with van der Waals surface area (Å²) in [6, 6.07) is 4.72. The molecule has 2 rings (SSSR count). The second-order valence-corrected chi connectivity index (χ2v) is 4.22. The fourth-order valence-electron chi connectivity index (χ4n) is 1.45. The Hall–Kier alpha value is -0.760. The number of hydrogen-bond acceptors (Lipinski definition) is 1. The lowest BCUT2D eigenvalue weighted by molar-refractivity contribution is 0.628. The molecule has 1 aliphatic rings. The molecule has 1 saturated carbocycles. The highest BCUT2D eigenvalue weighted by atomic mass is 35.5. The summed E-state index contributed by atoms with van der Waals surface area (Å²) in [5.74, 6) is 0.603. The van der Waals surface area contributed by atoms with E-state index in [2.05, 4.69) is 5.32 Å². The zero-order valence-electron chi connectivity index (χ0n) is 7.89. The molecular weight excluding hydrogens is 201 g/mol. The summed E-state index contributed by atoms with van der Waals surface area (Å²) in [5.41, 5.74) is 0.551. The molecule has 1 aromatic rings. The molecule has 0 aliphatic heterocycles. The van der Waals surface area contributed by atoms with E-state index in [4.69, 9.17) is 11.6 Å². The normalized spacial score (nSPS) is 15.6. The Kier molecular flexibility index (Phi) is 2.92. The second-order valence-electron chi connectivity index (χ2n) is 3.78. The first-order chi connectivity index (χ1) is 6.75. The van der Waals surface area contributed by atoms with Gasteiger partial charge in [0.05, 0.1) is 5.69 Å². The van der Waals surface area contributed by atoms with E-state index in [0.717, 1.165) is 18.9 Å². The van der Waals surface area contributed by atoms with Gasteiger partial charge in [-0.25, -0.2) is 4.39 Å². The molecule has 14 heavy (non-hydrogen) atoms. The Morgan fingerprint density at radius 2 is 2.21 bits per heavy atom. The standard InChI is InChI=1S/C11H13ClFN/c12-9-3-4-11(10(13)7-9)14-6-5-8-1-2-8/h3-4,7-8,14H,1-2,5-6H2. The van der Waals surface area contributed by atoms with E-state index in [1.807, 2.05) is 0 Å². The molecule has 1 fully saturated rings. The van der Waals surface area contributed by atoms with Crippen LogP contribution >= 0.6 is 11.6 Å². The molecule has 0 bridgehead atoms. The summed E-state index contributed by atoms with van der Waals surface area (Å²) in [4.78, 5) is 0. The van der Waals surface area contributed by atoms with Crippen molar-refractivity contribution in [2.24, 2.45) is 5.92 Å². The van der Waals surface area contributed by atoms with Gasteiger partial charge in [-0.3, -0.25) is 0 Å². The van der Waals surface area contributed by atoms with Crippen LogP contribution in [0.1, 0.15) is 19.3 Å². The molecule has 0 saturated heterocycles. The first-order valence-corrected chi connectivity index (χ1v) is 5.32. The Labute approximate surface area is 88.3 Å². The molecule has 0 aromatic heterocycles. The minimum atomic E-state index is -0.270. The zero-order valence-corrected chi connectivity index (χ0v) is 8.65. The summed E-state index contributed by atoms with van der Waals surface area (Å²) < 4.78 is 13.2. The van der Waals surface area contributed by atoms with Crippen molar-refractivity contribution in [1.82, 2.24) is 0 Å². The van der Waals surface area contributed by atoms with Gasteiger partial charge in [-0.2, -0.15) is 0 Å². The maximum atomic E-state index is 13.2. The van der Waals surface area contributed by atoms with Gasteiger partial charge >= 0.3 is 0 Å². The van der Waals surface area contributed by atoms with E-state index in [-0.39, 0.29) is 5.82 Å². The monoisotopic (exact) mass is 213 g/mol. The number of hydrogen-bond donors (Lipinski definition) is 1. The summed E-state index contributed by atoms with van der Waals surface area (Å²) >= 11 is 5.64. The van der Waals surface area contributed by atoms with Crippen molar-refractivity contribution in [2.75, 3.05) is 11.9 Å². The first kappa shape index (κ1) is 9.78. The van der Waals surface area contributed by atoms with Crippen molar-refractivity contribution in [3.8, 4) is 0 Å². The molecule has 76 valence electrons. The molecule has 1 aliphatic carbocycles. The minimum Gasteiger partial charge on any atom is -0.383 e. The lowest BCUT2D eigenvalue weighted by atomic mass is 10.2. The molecule has 3 heteroatoms. The van der Waals surface area contributed by atoms with Crippen LogP contribution in [-0.4, -0.2) is 6.54 Å². The van der Waals surface area contributed by atoms with Gasteiger partial charge in [-0.1, -0.05) is 24.4 Å². The number of anilines is 1. The maximum absolute atomic E-state index is 13.2. The van der Waals surface area contributed by atoms with Crippen LogP contribution < -0.4 is 5.32 Å². The van der Waals surface area contributed by atoms with Crippen molar-refractivity contribution >= 4 is 17.3 Å². The van der Waals surface area contributed by atoms with Crippen molar-refractivity contribution in [1.29, 1.82) is 0 Å². The lowest BCUT2D eigenvalue weighted by Crippen LogP contribution is -2.03.